The van der Waals surface area contributed by atoms with Crippen molar-refractivity contribution in [2.75, 3.05) is 6.54 Å². The Morgan fingerprint density at radius 2 is 1.45 bits per heavy atom. The predicted molar refractivity (Wildman–Crippen MR) is 122 cm³/mol. The van der Waals surface area contributed by atoms with Gasteiger partial charge in [-0.1, -0.05) is 72.8 Å². The molecule has 0 aliphatic heterocycles. The summed E-state index contributed by atoms with van der Waals surface area (Å²) in [6, 6.07) is 28.0. The normalized spacial score (nSPS) is 13.0. The zero-order valence-corrected chi connectivity index (χ0v) is 17.1. The lowest BCUT2D eigenvalue weighted by atomic mass is 10.0. The molecular weight excluding hydrogens is 376 g/mol. The fourth-order valence-electron chi connectivity index (χ4n) is 3.33. The summed E-state index contributed by atoms with van der Waals surface area (Å²) in [4.78, 5) is 14.8. The van der Waals surface area contributed by atoms with Gasteiger partial charge in [-0.05, 0) is 59.8 Å². The van der Waals surface area contributed by atoms with Gasteiger partial charge < -0.3 is 4.90 Å². The molecule has 3 nitrogen and oxygen atoms in total. The highest BCUT2D eigenvalue weighted by Gasteiger charge is 2.26. The van der Waals surface area contributed by atoms with E-state index in [0.29, 0.717) is 23.1 Å². The summed E-state index contributed by atoms with van der Waals surface area (Å²) >= 11 is 5.59. The SMILES string of the molecule is O=C(NC(=S)N(Cc1ccccc1)CC1CC1)c1ccc(-c2ccccc2)cc1. The van der Waals surface area contributed by atoms with Gasteiger partial charge in [-0.3, -0.25) is 10.1 Å². The second-order valence-electron chi connectivity index (χ2n) is 7.51. The third-order valence-corrected chi connectivity index (χ3v) is 5.51. The molecule has 1 saturated carbocycles. The van der Waals surface area contributed by atoms with E-state index >= 15 is 0 Å². The fourth-order valence-corrected chi connectivity index (χ4v) is 3.56. The summed E-state index contributed by atoms with van der Waals surface area (Å²) in [7, 11) is 0. The van der Waals surface area contributed by atoms with Crippen LogP contribution in [0.15, 0.2) is 84.9 Å². The Morgan fingerprint density at radius 3 is 2.07 bits per heavy atom. The second-order valence-corrected chi connectivity index (χ2v) is 7.90. The number of nitrogens with zero attached hydrogens (tertiary/aromatic N) is 1. The minimum absolute atomic E-state index is 0.163. The fraction of sp³-hybridized carbons (Fsp3) is 0.200. The first-order chi connectivity index (χ1) is 14.2. The van der Waals surface area contributed by atoms with Crippen LogP contribution in [0.25, 0.3) is 11.1 Å². The molecule has 0 heterocycles. The number of carbonyl (C=O) groups excluding carboxylic acids is 1. The van der Waals surface area contributed by atoms with Gasteiger partial charge in [0.1, 0.15) is 0 Å². The molecule has 29 heavy (non-hydrogen) atoms. The molecule has 1 amide bonds. The number of nitrogens with one attached hydrogen (secondary N) is 1. The van der Waals surface area contributed by atoms with Crippen LogP contribution in [0.1, 0.15) is 28.8 Å². The molecule has 1 N–H and O–H groups in total. The van der Waals surface area contributed by atoms with E-state index in [1.807, 2.05) is 60.7 Å². The van der Waals surface area contributed by atoms with Gasteiger partial charge in [0, 0.05) is 18.7 Å². The average Bonchev–Trinajstić information content (AvgIpc) is 3.59. The van der Waals surface area contributed by atoms with Crippen LogP contribution in [-0.2, 0) is 6.54 Å². The first kappa shape index (κ1) is 19.3. The van der Waals surface area contributed by atoms with Gasteiger partial charge in [0.15, 0.2) is 5.11 Å². The van der Waals surface area contributed by atoms with E-state index in [9.17, 15) is 4.79 Å². The number of rotatable bonds is 6. The standard InChI is InChI=1S/C25H24N2OS/c28-24(23-15-13-22(14-16-23)21-9-5-2-6-10-21)26-25(29)27(18-20-11-12-20)17-19-7-3-1-4-8-19/h1-10,13-16,20H,11-12,17-18H2,(H,26,28,29). The van der Waals surface area contributed by atoms with Gasteiger partial charge in [-0.15, -0.1) is 0 Å². The highest BCUT2D eigenvalue weighted by atomic mass is 32.1. The predicted octanol–water partition coefficient (Wildman–Crippen LogP) is 5.28. The maximum atomic E-state index is 12.7. The number of benzene rings is 3. The molecule has 0 atom stereocenters. The average molecular weight is 401 g/mol. The Morgan fingerprint density at radius 1 is 0.862 bits per heavy atom. The number of thiocarbonyl (C=S) groups is 1. The van der Waals surface area contributed by atoms with E-state index in [4.69, 9.17) is 12.2 Å². The molecule has 0 radical (unpaired) electrons. The molecule has 0 saturated heterocycles. The van der Waals surface area contributed by atoms with Crippen molar-refractivity contribution in [3.05, 3.63) is 96.1 Å². The maximum absolute atomic E-state index is 12.7. The van der Waals surface area contributed by atoms with Crippen molar-refractivity contribution >= 4 is 23.2 Å². The van der Waals surface area contributed by atoms with Crippen molar-refractivity contribution in [3.63, 3.8) is 0 Å². The van der Waals surface area contributed by atoms with Gasteiger partial charge >= 0.3 is 0 Å². The van der Waals surface area contributed by atoms with Crippen LogP contribution in [0.3, 0.4) is 0 Å². The molecule has 0 unspecified atom stereocenters. The Bertz CT molecular complexity index is 967. The highest BCUT2D eigenvalue weighted by molar-refractivity contribution is 7.80. The zero-order valence-electron chi connectivity index (χ0n) is 16.3. The Balaban J connectivity index is 1.42. The number of hydrogen-bond acceptors (Lipinski definition) is 2. The Kier molecular flexibility index (Phi) is 6.01. The number of amides is 1. The monoisotopic (exact) mass is 400 g/mol. The lowest BCUT2D eigenvalue weighted by molar-refractivity contribution is 0.0972. The third kappa shape index (κ3) is 5.30. The van der Waals surface area contributed by atoms with Gasteiger partial charge in [-0.2, -0.15) is 0 Å². The molecule has 4 heteroatoms. The van der Waals surface area contributed by atoms with Crippen molar-refractivity contribution in [3.8, 4) is 11.1 Å². The summed E-state index contributed by atoms with van der Waals surface area (Å²) < 4.78 is 0. The molecule has 3 aromatic rings. The largest absolute Gasteiger partial charge is 0.344 e. The zero-order chi connectivity index (χ0) is 20.1. The molecule has 0 spiro atoms. The third-order valence-electron chi connectivity index (χ3n) is 5.15. The molecule has 146 valence electrons. The molecule has 0 bridgehead atoms. The summed E-state index contributed by atoms with van der Waals surface area (Å²) in [6.07, 6.45) is 2.48. The lowest BCUT2D eigenvalue weighted by Gasteiger charge is -2.25. The van der Waals surface area contributed by atoms with Gasteiger partial charge in [0.2, 0.25) is 0 Å². The van der Waals surface area contributed by atoms with Crippen LogP contribution in [0, 0.1) is 5.92 Å². The Hall–Kier alpha value is -2.98. The van der Waals surface area contributed by atoms with Crippen LogP contribution < -0.4 is 5.32 Å². The molecular formula is C25H24N2OS. The highest BCUT2D eigenvalue weighted by Crippen LogP contribution is 2.30. The van der Waals surface area contributed by atoms with Gasteiger partial charge in [0.05, 0.1) is 0 Å². The smallest absolute Gasteiger partial charge is 0.257 e. The van der Waals surface area contributed by atoms with Gasteiger partial charge in [-0.25, -0.2) is 0 Å². The second kappa shape index (κ2) is 9.01. The minimum atomic E-state index is -0.163. The number of hydrogen-bond donors (Lipinski definition) is 1. The van der Waals surface area contributed by atoms with E-state index in [0.717, 1.165) is 17.7 Å². The van der Waals surface area contributed by atoms with E-state index in [2.05, 4.69) is 34.5 Å². The molecule has 4 rings (SSSR count). The van der Waals surface area contributed by atoms with Crippen molar-refractivity contribution in [1.29, 1.82) is 0 Å². The molecule has 1 aliphatic rings. The van der Waals surface area contributed by atoms with Crippen LogP contribution in [0.4, 0.5) is 0 Å². The first-order valence-corrected chi connectivity index (χ1v) is 10.4. The summed E-state index contributed by atoms with van der Waals surface area (Å²) in [5.74, 6) is 0.516. The molecule has 1 aliphatic carbocycles. The van der Waals surface area contributed by atoms with Gasteiger partial charge in [0.25, 0.3) is 5.91 Å². The van der Waals surface area contributed by atoms with E-state index < -0.39 is 0 Å². The minimum Gasteiger partial charge on any atom is -0.344 e. The van der Waals surface area contributed by atoms with Crippen molar-refractivity contribution in [2.24, 2.45) is 5.92 Å². The van der Waals surface area contributed by atoms with Crippen LogP contribution >= 0.6 is 12.2 Å². The molecule has 1 fully saturated rings. The summed E-state index contributed by atoms with van der Waals surface area (Å²) in [5, 5.41) is 3.43. The van der Waals surface area contributed by atoms with Crippen molar-refractivity contribution in [1.82, 2.24) is 10.2 Å². The molecule has 3 aromatic carbocycles. The van der Waals surface area contributed by atoms with Crippen LogP contribution in [0.5, 0.6) is 0 Å². The molecule has 0 aromatic heterocycles. The van der Waals surface area contributed by atoms with Crippen molar-refractivity contribution < 1.29 is 4.79 Å². The van der Waals surface area contributed by atoms with E-state index in [1.165, 1.54) is 18.4 Å². The Labute approximate surface area is 177 Å². The first-order valence-electron chi connectivity index (χ1n) is 9.99. The topological polar surface area (TPSA) is 32.3 Å². The van der Waals surface area contributed by atoms with Crippen molar-refractivity contribution in [2.45, 2.75) is 19.4 Å². The van der Waals surface area contributed by atoms with E-state index in [-0.39, 0.29) is 5.91 Å². The van der Waals surface area contributed by atoms with Crippen LogP contribution in [-0.4, -0.2) is 22.5 Å². The number of carbonyl (C=O) groups is 1. The maximum Gasteiger partial charge on any atom is 0.257 e. The van der Waals surface area contributed by atoms with E-state index in [1.54, 1.807) is 0 Å². The van der Waals surface area contributed by atoms with Crippen LogP contribution in [0.2, 0.25) is 0 Å². The quantitative estimate of drug-likeness (QED) is 0.571. The lowest BCUT2D eigenvalue weighted by Crippen LogP contribution is -2.43. The summed E-state index contributed by atoms with van der Waals surface area (Å²) in [6.45, 7) is 1.60. The summed E-state index contributed by atoms with van der Waals surface area (Å²) in [5.41, 5.74) is 4.02.